The van der Waals surface area contributed by atoms with Crippen LogP contribution in [0.3, 0.4) is 0 Å². The van der Waals surface area contributed by atoms with E-state index in [-0.39, 0.29) is 24.8 Å². The van der Waals surface area contributed by atoms with Gasteiger partial charge in [0, 0.05) is 31.3 Å². The second kappa shape index (κ2) is 9.69. The van der Waals surface area contributed by atoms with Gasteiger partial charge in [-0.05, 0) is 42.7 Å². The number of para-hydroxylation sites is 1. The molecule has 0 saturated carbocycles. The lowest BCUT2D eigenvalue weighted by Gasteiger charge is -2.22. The number of methoxy groups -OCH3 is 1. The van der Waals surface area contributed by atoms with Crippen LogP contribution < -0.4 is 10.2 Å². The summed E-state index contributed by atoms with van der Waals surface area (Å²) in [5.74, 6) is -0.853. The van der Waals surface area contributed by atoms with Gasteiger partial charge in [-0.15, -0.1) is 0 Å². The molecule has 0 radical (unpaired) electrons. The molecule has 0 saturated heterocycles. The highest BCUT2D eigenvalue weighted by atomic mass is 16.5. The van der Waals surface area contributed by atoms with Crippen molar-refractivity contribution in [2.75, 3.05) is 23.9 Å². The van der Waals surface area contributed by atoms with Gasteiger partial charge in [-0.25, -0.2) is 4.79 Å². The molecule has 2 rings (SSSR count). The molecule has 0 heterocycles. The molecule has 0 fully saturated rings. The number of esters is 1. The van der Waals surface area contributed by atoms with Gasteiger partial charge in [0.1, 0.15) is 0 Å². The number of anilines is 2. The molecule has 28 heavy (non-hydrogen) atoms. The maximum atomic E-state index is 12.5. The highest BCUT2D eigenvalue weighted by molar-refractivity contribution is 5.97. The Bertz CT molecular complexity index is 877. The fourth-order valence-electron chi connectivity index (χ4n) is 3.00. The van der Waals surface area contributed by atoms with E-state index in [0.29, 0.717) is 11.3 Å². The number of nitrogens with zero attached hydrogens (tertiary/aromatic N) is 1. The molecule has 0 aromatic heterocycles. The molecular formula is C22H26N2O4. The second-order valence-corrected chi connectivity index (χ2v) is 6.47. The van der Waals surface area contributed by atoms with Crippen LogP contribution in [-0.4, -0.2) is 31.4 Å². The van der Waals surface area contributed by atoms with Crippen LogP contribution in [0.1, 0.15) is 41.8 Å². The number of hydrogen-bond acceptors (Lipinski definition) is 4. The quantitative estimate of drug-likeness (QED) is 0.741. The van der Waals surface area contributed by atoms with E-state index < -0.39 is 5.97 Å². The van der Waals surface area contributed by atoms with E-state index in [4.69, 9.17) is 4.74 Å². The molecule has 6 heteroatoms. The van der Waals surface area contributed by atoms with E-state index in [1.165, 1.54) is 18.9 Å². The molecule has 1 N–H and O–H groups in total. The minimum Gasteiger partial charge on any atom is -0.465 e. The maximum Gasteiger partial charge on any atom is 0.337 e. The summed E-state index contributed by atoms with van der Waals surface area (Å²) in [6, 6.07) is 12.5. The Morgan fingerprint density at radius 1 is 1.11 bits per heavy atom. The minimum atomic E-state index is -0.477. The summed E-state index contributed by atoms with van der Waals surface area (Å²) in [5.41, 5.74) is 3.80. The van der Waals surface area contributed by atoms with Gasteiger partial charge in [0.15, 0.2) is 0 Å². The summed E-state index contributed by atoms with van der Waals surface area (Å²) in [6.45, 7) is 5.63. The first-order chi connectivity index (χ1) is 13.4. The van der Waals surface area contributed by atoms with Crippen molar-refractivity contribution in [3.05, 3.63) is 59.2 Å². The number of ether oxygens (including phenoxy) is 1. The standard InChI is InChI=1S/C22H26N2O4/c1-5-17-9-6-8-15(2)21(17)23-20(26)12-13-24(16(3)25)19-11-7-10-18(14-19)22(27)28-4/h6-11,14H,5,12-13H2,1-4H3,(H,23,26). The van der Waals surface area contributed by atoms with Gasteiger partial charge in [0.25, 0.3) is 0 Å². The number of carbonyl (C=O) groups is 3. The first-order valence-corrected chi connectivity index (χ1v) is 9.22. The van der Waals surface area contributed by atoms with Gasteiger partial charge in [-0.2, -0.15) is 0 Å². The van der Waals surface area contributed by atoms with Crippen LogP contribution in [0.4, 0.5) is 11.4 Å². The number of hydrogen-bond donors (Lipinski definition) is 1. The molecule has 0 aliphatic heterocycles. The van der Waals surface area contributed by atoms with Crippen LogP contribution in [0.15, 0.2) is 42.5 Å². The fraction of sp³-hybridized carbons (Fsp3) is 0.318. The molecule has 2 aromatic rings. The van der Waals surface area contributed by atoms with Crippen molar-refractivity contribution >= 4 is 29.2 Å². The predicted octanol–water partition coefficient (Wildman–Crippen LogP) is 3.73. The van der Waals surface area contributed by atoms with Crippen LogP contribution in [0.25, 0.3) is 0 Å². The van der Waals surface area contributed by atoms with Crippen LogP contribution in [0.2, 0.25) is 0 Å². The summed E-state index contributed by atoms with van der Waals surface area (Å²) in [4.78, 5) is 37.8. The lowest BCUT2D eigenvalue weighted by Crippen LogP contribution is -2.32. The number of benzene rings is 2. The van der Waals surface area contributed by atoms with Crippen molar-refractivity contribution in [2.24, 2.45) is 0 Å². The summed E-state index contributed by atoms with van der Waals surface area (Å²) >= 11 is 0. The van der Waals surface area contributed by atoms with Crippen LogP contribution in [-0.2, 0) is 20.7 Å². The zero-order chi connectivity index (χ0) is 20.7. The zero-order valence-electron chi connectivity index (χ0n) is 16.7. The van der Waals surface area contributed by atoms with Crippen LogP contribution in [0.5, 0.6) is 0 Å². The van der Waals surface area contributed by atoms with Crippen molar-refractivity contribution < 1.29 is 19.1 Å². The molecule has 2 amide bonds. The van der Waals surface area contributed by atoms with Crippen molar-refractivity contribution in [3.63, 3.8) is 0 Å². The Morgan fingerprint density at radius 3 is 2.46 bits per heavy atom. The lowest BCUT2D eigenvalue weighted by atomic mass is 10.1. The normalized spacial score (nSPS) is 10.3. The lowest BCUT2D eigenvalue weighted by molar-refractivity contribution is -0.117. The van der Waals surface area contributed by atoms with Crippen molar-refractivity contribution in [1.82, 2.24) is 0 Å². The van der Waals surface area contributed by atoms with E-state index >= 15 is 0 Å². The Hall–Kier alpha value is -3.15. The molecule has 0 atom stereocenters. The monoisotopic (exact) mass is 382 g/mol. The highest BCUT2D eigenvalue weighted by Gasteiger charge is 2.16. The van der Waals surface area contributed by atoms with Crippen molar-refractivity contribution in [2.45, 2.75) is 33.6 Å². The first kappa shape index (κ1) is 21.2. The average Bonchev–Trinajstić information content (AvgIpc) is 2.69. The van der Waals surface area contributed by atoms with Gasteiger partial charge in [-0.3, -0.25) is 9.59 Å². The Balaban J connectivity index is 2.11. The molecule has 6 nitrogen and oxygen atoms in total. The summed E-state index contributed by atoms with van der Waals surface area (Å²) in [5, 5.41) is 2.96. The minimum absolute atomic E-state index is 0.138. The van der Waals surface area contributed by atoms with Gasteiger partial charge < -0.3 is 15.0 Å². The highest BCUT2D eigenvalue weighted by Crippen LogP contribution is 2.22. The number of aryl methyl sites for hydroxylation is 2. The predicted molar refractivity (Wildman–Crippen MR) is 110 cm³/mol. The average molecular weight is 382 g/mol. The molecule has 0 spiro atoms. The van der Waals surface area contributed by atoms with E-state index in [9.17, 15) is 14.4 Å². The molecule has 0 unspecified atom stereocenters. The molecule has 2 aromatic carbocycles. The smallest absolute Gasteiger partial charge is 0.337 e. The molecule has 0 aliphatic rings. The Kier molecular flexibility index (Phi) is 7.32. The number of rotatable bonds is 7. The van der Waals surface area contributed by atoms with E-state index in [1.54, 1.807) is 24.3 Å². The topological polar surface area (TPSA) is 75.7 Å². The maximum absolute atomic E-state index is 12.5. The van der Waals surface area contributed by atoms with Gasteiger partial charge in [0.2, 0.25) is 11.8 Å². The summed E-state index contributed by atoms with van der Waals surface area (Å²) in [7, 11) is 1.30. The molecule has 0 bridgehead atoms. The third-order valence-electron chi connectivity index (χ3n) is 4.53. The Labute approximate surface area is 165 Å². The van der Waals surface area contributed by atoms with Crippen molar-refractivity contribution in [1.29, 1.82) is 0 Å². The zero-order valence-corrected chi connectivity index (χ0v) is 16.7. The van der Waals surface area contributed by atoms with Gasteiger partial charge in [0.05, 0.1) is 12.7 Å². The van der Waals surface area contributed by atoms with Gasteiger partial charge >= 0.3 is 5.97 Å². The van der Waals surface area contributed by atoms with Gasteiger partial charge in [-0.1, -0.05) is 31.2 Å². The third kappa shape index (κ3) is 5.19. The second-order valence-electron chi connectivity index (χ2n) is 6.47. The van der Waals surface area contributed by atoms with Crippen LogP contribution in [0, 0.1) is 6.92 Å². The molecule has 148 valence electrons. The number of nitrogens with one attached hydrogen (secondary N) is 1. The van der Waals surface area contributed by atoms with E-state index in [1.807, 2.05) is 32.0 Å². The summed E-state index contributed by atoms with van der Waals surface area (Å²) in [6.07, 6.45) is 0.955. The SMILES string of the molecule is CCc1cccc(C)c1NC(=O)CCN(C(C)=O)c1cccc(C(=O)OC)c1. The fourth-order valence-corrected chi connectivity index (χ4v) is 3.00. The molecule has 0 aliphatic carbocycles. The number of amides is 2. The number of carbonyl (C=O) groups excluding carboxylic acids is 3. The first-order valence-electron chi connectivity index (χ1n) is 9.22. The largest absolute Gasteiger partial charge is 0.465 e. The third-order valence-corrected chi connectivity index (χ3v) is 4.53. The van der Waals surface area contributed by atoms with Crippen LogP contribution >= 0.6 is 0 Å². The van der Waals surface area contributed by atoms with Crippen molar-refractivity contribution in [3.8, 4) is 0 Å². The van der Waals surface area contributed by atoms with E-state index in [2.05, 4.69) is 5.32 Å². The van der Waals surface area contributed by atoms with E-state index in [0.717, 1.165) is 23.2 Å². The molecular weight excluding hydrogens is 356 g/mol. The Morgan fingerprint density at radius 2 is 1.82 bits per heavy atom. The summed E-state index contributed by atoms with van der Waals surface area (Å²) < 4.78 is 4.72.